The summed E-state index contributed by atoms with van der Waals surface area (Å²) in [5.74, 6) is 1.58. The Balaban J connectivity index is 1.45. The van der Waals surface area contributed by atoms with Gasteiger partial charge in [0.15, 0.2) is 0 Å². The van der Waals surface area contributed by atoms with Gasteiger partial charge in [-0.1, -0.05) is 53.8 Å². The van der Waals surface area contributed by atoms with Gasteiger partial charge in [0.2, 0.25) is 5.13 Å². The van der Waals surface area contributed by atoms with Gasteiger partial charge in [0, 0.05) is 0 Å². The molecule has 25 heavy (non-hydrogen) atoms. The van der Waals surface area contributed by atoms with Crippen LogP contribution in [0.2, 0.25) is 0 Å². The molecule has 5 heteroatoms. The maximum absolute atomic E-state index is 5.83. The number of hydrogen-bond acceptors (Lipinski definition) is 5. The van der Waals surface area contributed by atoms with Crippen molar-refractivity contribution in [1.82, 2.24) is 4.98 Å². The van der Waals surface area contributed by atoms with Crippen LogP contribution in [0.15, 0.2) is 84.0 Å². The van der Waals surface area contributed by atoms with Crippen LogP contribution in [0.5, 0.6) is 11.5 Å². The van der Waals surface area contributed by atoms with Gasteiger partial charge in [-0.2, -0.15) is 5.10 Å². The van der Waals surface area contributed by atoms with E-state index in [0.717, 1.165) is 32.4 Å². The smallest absolute Gasteiger partial charge is 0.204 e. The summed E-state index contributed by atoms with van der Waals surface area (Å²) in [6, 6.07) is 25.5. The molecule has 4 nitrogen and oxygen atoms in total. The second-order valence-electron chi connectivity index (χ2n) is 5.34. The average molecular weight is 345 g/mol. The fourth-order valence-corrected chi connectivity index (χ4v) is 3.18. The SMILES string of the molecule is C(=N/Nc1nc2ccccc2s1)/c1cccc(Oc2ccccc2)c1. The Morgan fingerprint density at radius 3 is 2.56 bits per heavy atom. The molecule has 0 unspecified atom stereocenters. The first-order valence-corrected chi connectivity index (χ1v) is 8.66. The molecule has 0 saturated carbocycles. The number of nitrogens with one attached hydrogen (secondary N) is 1. The van der Waals surface area contributed by atoms with Crippen LogP contribution in [0.1, 0.15) is 5.56 Å². The number of aromatic nitrogens is 1. The van der Waals surface area contributed by atoms with Gasteiger partial charge in [-0.3, -0.25) is 5.43 Å². The van der Waals surface area contributed by atoms with Crippen molar-refractivity contribution in [3.63, 3.8) is 0 Å². The molecule has 0 aliphatic heterocycles. The Bertz CT molecular complexity index is 979. The number of hydrazone groups is 1. The first-order valence-electron chi connectivity index (χ1n) is 7.84. The normalized spacial score (nSPS) is 11.0. The molecule has 0 fully saturated rings. The summed E-state index contributed by atoms with van der Waals surface area (Å²) in [6.07, 6.45) is 1.75. The quantitative estimate of drug-likeness (QED) is 0.382. The third-order valence-electron chi connectivity index (χ3n) is 3.50. The molecule has 0 atom stereocenters. The topological polar surface area (TPSA) is 46.5 Å². The molecule has 0 saturated heterocycles. The molecule has 0 aliphatic rings. The van der Waals surface area contributed by atoms with Crippen LogP contribution in [0, 0.1) is 0 Å². The lowest BCUT2D eigenvalue weighted by molar-refractivity contribution is 0.482. The molecule has 0 aliphatic carbocycles. The molecular formula is C20H15N3OS. The number of fused-ring (bicyclic) bond motifs is 1. The number of thiazole rings is 1. The predicted octanol–water partition coefficient (Wildman–Crippen LogP) is 5.53. The lowest BCUT2D eigenvalue weighted by Gasteiger charge is -2.05. The van der Waals surface area contributed by atoms with Crippen molar-refractivity contribution in [3.8, 4) is 11.5 Å². The lowest BCUT2D eigenvalue weighted by Crippen LogP contribution is -1.90. The van der Waals surface area contributed by atoms with Gasteiger partial charge < -0.3 is 4.74 Å². The largest absolute Gasteiger partial charge is 0.457 e. The Labute approximate surface area is 149 Å². The minimum absolute atomic E-state index is 0.772. The summed E-state index contributed by atoms with van der Waals surface area (Å²) < 4.78 is 6.97. The molecule has 0 spiro atoms. The minimum Gasteiger partial charge on any atom is -0.457 e. The van der Waals surface area contributed by atoms with Gasteiger partial charge in [0.25, 0.3) is 0 Å². The zero-order chi connectivity index (χ0) is 16.9. The van der Waals surface area contributed by atoms with Crippen LogP contribution < -0.4 is 10.2 Å². The number of rotatable bonds is 5. The van der Waals surface area contributed by atoms with Crippen molar-refractivity contribution in [3.05, 3.63) is 84.4 Å². The second kappa shape index (κ2) is 7.15. The lowest BCUT2D eigenvalue weighted by atomic mass is 10.2. The number of ether oxygens (including phenoxy) is 1. The van der Waals surface area contributed by atoms with Gasteiger partial charge in [0.1, 0.15) is 11.5 Å². The Morgan fingerprint density at radius 1 is 0.880 bits per heavy atom. The molecule has 4 rings (SSSR count). The molecule has 122 valence electrons. The predicted molar refractivity (Wildman–Crippen MR) is 104 cm³/mol. The molecular weight excluding hydrogens is 330 g/mol. The average Bonchev–Trinajstić information content (AvgIpc) is 3.06. The summed E-state index contributed by atoms with van der Waals surface area (Å²) in [5, 5.41) is 5.04. The Kier molecular flexibility index (Phi) is 4.39. The van der Waals surface area contributed by atoms with E-state index in [1.165, 1.54) is 0 Å². The number of benzene rings is 3. The molecule has 1 aromatic heterocycles. The van der Waals surface area contributed by atoms with E-state index in [0.29, 0.717) is 0 Å². The number of hydrogen-bond donors (Lipinski definition) is 1. The summed E-state index contributed by atoms with van der Waals surface area (Å²) in [4.78, 5) is 4.49. The molecule has 0 amide bonds. The fourth-order valence-electron chi connectivity index (χ4n) is 2.37. The first-order chi connectivity index (χ1) is 12.4. The van der Waals surface area contributed by atoms with E-state index < -0.39 is 0 Å². The van der Waals surface area contributed by atoms with E-state index in [-0.39, 0.29) is 0 Å². The highest BCUT2D eigenvalue weighted by Crippen LogP contribution is 2.25. The highest BCUT2D eigenvalue weighted by Gasteiger charge is 2.01. The molecule has 1 heterocycles. The summed E-state index contributed by atoms with van der Waals surface area (Å²) in [6.45, 7) is 0. The van der Waals surface area contributed by atoms with Crippen LogP contribution in [0.25, 0.3) is 10.2 Å². The van der Waals surface area contributed by atoms with Crippen molar-refractivity contribution < 1.29 is 4.74 Å². The summed E-state index contributed by atoms with van der Waals surface area (Å²) in [7, 11) is 0. The number of nitrogens with zero attached hydrogens (tertiary/aromatic N) is 2. The van der Waals surface area contributed by atoms with Crippen LogP contribution >= 0.6 is 11.3 Å². The van der Waals surface area contributed by atoms with Crippen molar-refractivity contribution in [2.24, 2.45) is 5.10 Å². The van der Waals surface area contributed by atoms with Crippen molar-refractivity contribution in [2.75, 3.05) is 5.43 Å². The van der Waals surface area contributed by atoms with E-state index in [4.69, 9.17) is 4.74 Å². The second-order valence-corrected chi connectivity index (χ2v) is 6.37. The highest BCUT2D eigenvalue weighted by molar-refractivity contribution is 7.22. The van der Waals surface area contributed by atoms with Crippen LogP contribution in [-0.4, -0.2) is 11.2 Å². The van der Waals surface area contributed by atoms with Gasteiger partial charge in [-0.05, 0) is 42.0 Å². The third kappa shape index (κ3) is 3.84. The number of anilines is 1. The van der Waals surface area contributed by atoms with Crippen LogP contribution in [0.3, 0.4) is 0 Å². The molecule has 1 N–H and O–H groups in total. The maximum atomic E-state index is 5.83. The minimum atomic E-state index is 0.772. The molecule has 3 aromatic carbocycles. The van der Waals surface area contributed by atoms with Crippen molar-refractivity contribution in [2.45, 2.75) is 0 Å². The van der Waals surface area contributed by atoms with Crippen LogP contribution in [-0.2, 0) is 0 Å². The van der Waals surface area contributed by atoms with E-state index in [1.807, 2.05) is 78.9 Å². The zero-order valence-electron chi connectivity index (χ0n) is 13.3. The number of para-hydroxylation sites is 2. The molecule has 0 bridgehead atoms. The van der Waals surface area contributed by atoms with Crippen LogP contribution in [0.4, 0.5) is 5.13 Å². The monoisotopic (exact) mass is 345 g/mol. The first kappa shape index (κ1) is 15.4. The highest BCUT2D eigenvalue weighted by atomic mass is 32.1. The Hall–Kier alpha value is -3.18. The summed E-state index contributed by atoms with van der Waals surface area (Å²) >= 11 is 1.58. The Morgan fingerprint density at radius 2 is 1.68 bits per heavy atom. The molecule has 0 radical (unpaired) electrons. The van der Waals surface area contributed by atoms with E-state index in [2.05, 4.69) is 15.5 Å². The summed E-state index contributed by atoms with van der Waals surface area (Å²) in [5.41, 5.74) is 4.91. The third-order valence-corrected chi connectivity index (χ3v) is 4.45. The van der Waals surface area contributed by atoms with E-state index >= 15 is 0 Å². The van der Waals surface area contributed by atoms with Gasteiger partial charge in [-0.15, -0.1) is 0 Å². The standard InChI is InChI=1S/C20H15N3OS/c1-2-8-16(9-3-1)24-17-10-6-7-15(13-17)14-21-23-20-22-18-11-4-5-12-19(18)25-20/h1-14H,(H,22,23)/b21-14-. The van der Waals surface area contributed by atoms with Gasteiger partial charge >= 0.3 is 0 Å². The fraction of sp³-hybridized carbons (Fsp3) is 0. The van der Waals surface area contributed by atoms with Gasteiger partial charge in [0.05, 0.1) is 16.4 Å². The van der Waals surface area contributed by atoms with Crippen molar-refractivity contribution in [1.29, 1.82) is 0 Å². The van der Waals surface area contributed by atoms with Crippen molar-refractivity contribution >= 4 is 32.9 Å². The van der Waals surface area contributed by atoms with Gasteiger partial charge in [-0.25, -0.2) is 4.98 Å². The van der Waals surface area contributed by atoms with E-state index in [1.54, 1.807) is 17.6 Å². The van der Waals surface area contributed by atoms with E-state index in [9.17, 15) is 0 Å². The zero-order valence-corrected chi connectivity index (χ0v) is 14.1. The molecule has 4 aromatic rings. The maximum Gasteiger partial charge on any atom is 0.204 e.